The van der Waals surface area contributed by atoms with Gasteiger partial charge in [0.2, 0.25) is 11.8 Å². The number of nitrogens with zero attached hydrogens (tertiary/aromatic N) is 4. The van der Waals surface area contributed by atoms with E-state index in [0.29, 0.717) is 24.1 Å². The zero-order valence-corrected chi connectivity index (χ0v) is 17.0. The van der Waals surface area contributed by atoms with Gasteiger partial charge >= 0.3 is 0 Å². The van der Waals surface area contributed by atoms with E-state index in [4.69, 9.17) is 14.1 Å². The van der Waals surface area contributed by atoms with Crippen LogP contribution >= 0.6 is 27.7 Å². The Labute approximate surface area is 169 Å². The number of halogens is 1. The SMILES string of the molecule is COCCn1c(SCc2nnc(-c3ccccc3Br)o2)nc2ccccc21. The third kappa shape index (κ3) is 3.92. The maximum Gasteiger partial charge on any atom is 0.248 e. The van der Waals surface area contributed by atoms with E-state index in [1.54, 1.807) is 18.9 Å². The molecule has 8 heteroatoms. The lowest BCUT2D eigenvalue weighted by atomic mass is 10.2. The Balaban J connectivity index is 1.55. The highest BCUT2D eigenvalue weighted by Crippen LogP contribution is 2.30. The summed E-state index contributed by atoms with van der Waals surface area (Å²) in [6.45, 7) is 1.37. The summed E-state index contributed by atoms with van der Waals surface area (Å²) in [7, 11) is 1.70. The first-order chi connectivity index (χ1) is 13.3. The second kappa shape index (κ2) is 8.24. The predicted molar refractivity (Wildman–Crippen MR) is 109 cm³/mol. The van der Waals surface area contributed by atoms with Crippen molar-refractivity contribution in [2.75, 3.05) is 13.7 Å². The summed E-state index contributed by atoms with van der Waals surface area (Å²) in [6.07, 6.45) is 0. The molecule has 0 unspecified atom stereocenters. The molecule has 6 nitrogen and oxygen atoms in total. The Morgan fingerprint density at radius 1 is 1.11 bits per heavy atom. The van der Waals surface area contributed by atoms with Crippen molar-refractivity contribution in [2.45, 2.75) is 17.5 Å². The molecule has 2 aromatic heterocycles. The molecule has 0 bridgehead atoms. The molecule has 0 aliphatic heterocycles. The van der Waals surface area contributed by atoms with Gasteiger partial charge in [-0.25, -0.2) is 4.98 Å². The summed E-state index contributed by atoms with van der Waals surface area (Å²) in [6, 6.07) is 15.9. The van der Waals surface area contributed by atoms with Gasteiger partial charge in [-0.15, -0.1) is 10.2 Å². The number of hydrogen-bond acceptors (Lipinski definition) is 6. The van der Waals surface area contributed by atoms with E-state index in [0.717, 1.165) is 32.8 Å². The summed E-state index contributed by atoms with van der Waals surface area (Å²) >= 11 is 5.09. The zero-order chi connectivity index (χ0) is 18.6. The molecule has 0 N–H and O–H groups in total. The summed E-state index contributed by atoms with van der Waals surface area (Å²) in [4.78, 5) is 4.73. The van der Waals surface area contributed by atoms with Crippen molar-refractivity contribution in [3.05, 3.63) is 58.9 Å². The smallest absolute Gasteiger partial charge is 0.248 e. The van der Waals surface area contributed by atoms with Crippen LogP contribution in [0.5, 0.6) is 0 Å². The van der Waals surface area contributed by atoms with Gasteiger partial charge in [0, 0.05) is 18.1 Å². The molecule has 4 rings (SSSR count). The quantitative estimate of drug-likeness (QED) is 0.381. The van der Waals surface area contributed by atoms with E-state index in [9.17, 15) is 0 Å². The van der Waals surface area contributed by atoms with E-state index >= 15 is 0 Å². The maximum absolute atomic E-state index is 5.83. The minimum atomic E-state index is 0.506. The molecule has 0 spiro atoms. The van der Waals surface area contributed by atoms with Crippen LogP contribution in [0.25, 0.3) is 22.5 Å². The number of hydrogen-bond donors (Lipinski definition) is 0. The molecule has 27 heavy (non-hydrogen) atoms. The molecule has 0 radical (unpaired) electrons. The van der Waals surface area contributed by atoms with Gasteiger partial charge in [-0.3, -0.25) is 0 Å². The fourth-order valence-corrected chi connectivity index (χ4v) is 4.08. The number of benzene rings is 2. The second-order valence-electron chi connectivity index (χ2n) is 5.80. The van der Waals surface area contributed by atoms with Crippen LogP contribution in [0.1, 0.15) is 5.89 Å². The molecule has 0 saturated carbocycles. The summed E-state index contributed by atoms with van der Waals surface area (Å²) < 4.78 is 14.2. The highest BCUT2D eigenvalue weighted by atomic mass is 79.9. The van der Waals surface area contributed by atoms with Crippen molar-refractivity contribution >= 4 is 38.7 Å². The number of aromatic nitrogens is 4. The van der Waals surface area contributed by atoms with E-state index in [1.165, 1.54) is 0 Å². The first-order valence-electron chi connectivity index (χ1n) is 8.40. The molecule has 0 atom stereocenters. The molecular formula is C19H17BrN4O2S. The Bertz CT molecular complexity index is 1060. The Kier molecular flexibility index (Phi) is 5.56. The lowest BCUT2D eigenvalue weighted by Gasteiger charge is -2.07. The van der Waals surface area contributed by atoms with Gasteiger partial charge in [0.25, 0.3) is 0 Å². The fourth-order valence-electron chi connectivity index (χ4n) is 2.74. The largest absolute Gasteiger partial charge is 0.420 e. The van der Waals surface area contributed by atoms with Gasteiger partial charge in [-0.1, -0.05) is 36.0 Å². The average molecular weight is 445 g/mol. The van der Waals surface area contributed by atoms with Crippen LogP contribution in [-0.4, -0.2) is 33.5 Å². The van der Waals surface area contributed by atoms with Crippen LogP contribution in [0, 0.1) is 0 Å². The van der Waals surface area contributed by atoms with Gasteiger partial charge in [-0.05, 0) is 40.2 Å². The normalized spacial score (nSPS) is 11.3. The highest BCUT2D eigenvalue weighted by molar-refractivity contribution is 9.10. The van der Waals surface area contributed by atoms with E-state index in [1.807, 2.05) is 42.5 Å². The highest BCUT2D eigenvalue weighted by Gasteiger charge is 2.15. The monoisotopic (exact) mass is 444 g/mol. The van der Waals surface area contributed by atoms with Crippen LogP contribution in [-0.2, 0) is 17.0 Å². The van der Waals surface area contributed by atoms with Crippen LogP contribution < -0.4 is 0 Å². The average Bonchev–Trinajstić information content (AvgIpc) is 3.29. The van der Waals surface area contributed by atoms with Gasteiger partial charge in [0.05, 0.1) is 29.0 Å². The number of rotatable bonds is 7. The van der Waals surface area contributed by atoms with Crippen LogP contribution in [0.2, 0.25) is 0 Å². The van der Waals surface area contributed by atoms with Gasteiger partial charge in [-0.2, -0.15) is 0 Å². The molecule has 0 saturated heterocycles. The number of fused-ring (bicyclic) bond motifs is 1. The van der Waals surface area contributed by atoms with Crippen molar-refractivity contribution in [1.82, 2.24) is 19.7 Å². The fraction of sp³-hybridized carbons (Fsp3) is 0.211. The topological polar surface area (TPSA) is 66.0 Å². The minimum absolute atomic E-state index is 0.506. The summed E-state index contributed by atoms with van der Waals surface area (Å²) in [5.74, 6) is 1.62. The first kappa shape index (κ1) is 18.2. The molecule has 0 aliphatic carbocycles. The molecule has 138 valence electrons. The number of imidazole rings is 1. The van der Waals surface area contributed by atoms with Crippen molar-refractivity contribution in [3.63, 3.8) is 0 Å². The van der Waals surface area contributed by atoms with Crippen molar-refractivity contribution in [3.8, 4) is 11.5 Å². The zero-order valence-electron chi connectivity index (χ0n) is 14.6. The molecule has 0 aliphatic rings. The predicted octanol–water partition coefficient (Wildman–Crippen LogP) is 4.79. The Morgan fingerprint density at radius 2 is 1.93 bits per heavy atom. The third-order valence-electron chi connectivity index (χ3n) is 4.03. The molecular weight excluding hydrogens is 428 g/mol. The third-order valence-corrected chi connectivity index (χ3v) is 5.69. The van der Waals surface area contributed by atoms with Crippen molar-refractivity contribution in [2.24, 2.45) is 0 Å². The molecule has 2 aromatic carbocycles. The number of methoxy groups -OCH3 is 1. The Hall–Kier alpha value is -2.16. The van der Waals surface area contributed by atoms with Crippen LogP contribution in [0.15, 0.2) is 62.6 Å². The number of para-hydroxylation sites is 2. The molecule has 4 aromatic rings. The van der Waals surface area contributed by atoms with Crippen molar-refractivity contribution < 1.29 is 9.15 Å². The molecule has 2 heterocycles. The van der Waals surface area contributed by atoms with Crippen molar-refractivity contribution in [1.29, 1.82) is 0 Å². The maximum atomic E-state index is 5.83. The van der Waals surface area contributed by atoms with Gasteiger partial charge < -0.3 is 13.7 Å². The lowest BCUT2D eigenvalue weighted by molar-refractivity contribution is 0.186. The molecule has 0 amide bonds. The van der Waals surface area contributed by atoms with E-state index in [2.05, 4.69) is 36.8 Å². The number of thioether (sulfide) groups is 1. The summed E-state index contributed by atoms with van der Waals surface area (Å²) in [5.41, 5.74) is 2.95. The second-order valence-corrected chi connectivity index (χ2v) is 7.59. The number of ether oxygens (including phenoxy) is 1. The minimum Gasteiger partial charge on any atom is -0.420 e. The van der Waals surface area contributed by atoms with E-state index < -0.39 is 0 Å². The Morgan fingerprint density at radius 3 is 2.78 bits per heavy atom. The van der Waals surface area contributed by atoms with Gasteiger partial charge in [0.15, 0.2) is 5.16 Å². The molecule has 0 fully saturated rings. The van der Waals surface area contributed by atoms with Crippen LogP contribution in [0.4, 0.5) is 0 Å². The first-order valence-corrected chi connectivity index (χ1v) is 10.2. The lowest BCUT2D eigenvalue weighted by Crippen LogP contribution is -2.05. The van der Waals surface area contributed by atoms with E-state index in [-0.39, 0.29) is 0 Å². The van der Waals surface area contributed by atoms with Gasteiger partial charge in [0.1, 0.15) is 0 Å². The summed E-state index contributed by atoms with van der Waals surface area (Å²) in [5, 5.41) is 9.25. The van der Waals surface area contributed by atoms with Crippen LogP contribution in [0.3, 0.4) is 0 Å². The standard InChI is InChI=1S/C19H17BrN4O2S/c1-25-11-10-24-16-9-5-4-8-15(16)21-19(24)27-12-17-22-23-18(26-17)13-6-2-3-7-14(13)20/h2-9H,10-12H2,1H3.